The number of carbonyl (C=O) groups is 2. The summed E-state index contributed by atoms with van der Waals surface area (Å²) in [5.41, 5.74) is -0.292. The van der Waals surface area contributed by atoms with Crippen molar-refractivity contribution in [2.75, 3.05) is 0 Å². The van der Waals surface area contributed by atoms with Crippen LogP contribution in [0.15, 0.2) is 12.2 Å². The van der Waals surface area contributed by atoms with Crippen molar-refractivity contribution >= 4 is 11.6 Å². The minimum absolute atomic E-state index is 0.176. The molecule has 0 radical (unpaired) electrons. The van der Waals surface area contributed by atoms with Gasteiger partial charge in [-0.1, -0.05) is 26.3 Å². The van der Waals surface area contributed by atoms with Gasteiger partial charge in [-0.25, -0.2) is 0 Å². The van der Waals surface area contributed by atoms with Crippen molar-refractivity contribution in [3.8, 4) is 0 Å². The molecule has 7 atom stereocenters. The van der Waals surface area contributed by atoms with Gasteiger partial charge in [-0.3, -0.25) is 9.59 Å². The summed E-state index contributed by atoms with van der Waals surface area (Å²) in [6.07, 6.45) is 9.50. The lowest BCUT2D eigenvalue weighted by Gasteiger charge is -2.58. The van der Waals surface area contributed by atoms with E-state index in [2.05, 4.69) is 6.92 Å². The van der Waals surface area contributed by atoms with Crippen molar-refractivity contribution in [3.05, 3.63) is 12.2 Å². The highest BCUT2D eigenvalue weighted by Crippen LogP contribution is 2.64. The monoisotopic (exact) mass is 302 g/mol. The second-order valence-corrected chi connectivity index (χ2v) is 8.63. The van der Waals surface area contributed by atoms with Crippen molar-refractivity contribution in [2.24, 2.45) is 34.5 Å². The minimum atomic E-state index is -0.682. The van der Waals surface area contributed by atoms with Crippen LogP contribution in [0.1, 0.15) is 52.4 Å². The Morgan fingerprint density at radius 2 is 1.91 bits per heavy atom. The van der Waals surface area contributed by atoms with Crippen LogP contribution in [0.2, 0.25) is 0 Å². The van der Waals surface area contributed by atoms with Crippen LogP contribution in [-0.2, 0) is 9.59 Å². The Morgan fingerprint density at radius 1 is 1.14 bits per heavy atom. The standard InChI is InChI=1S/C19H26O3/c1-18-8-3-4-12(18)11-10-16(21)14-5-6-15(20)17(22)19(14,2)13(11)7-9-18/h5-6,11-14,16,21H,3-4,7-10H2,1-2H3/t11-,12-,13-,14?,16+,18-,19+/m0/s1. The van der Waals surface area contributed by atoms with Crippen LogP contribution in [0.4, 0.5) is 0 Å². The summed E-state index contributed by atoms with van der Waals surface area (Å²) in [7, 11) is 0. The van der Waals surface area contributed by atoms with Gasteiger partial charge in [0.25, 0.3) is 0 Å². The zero-order valence-corrected chi connectivity index (χ0v) is 13.5. The van der Waals surface area contributed by atoms with E-state index in [0.717, 1.165) is 12.8 Å². The molecule has 3 fully saturated rings. The molecule has 4 aliphatic rings. The van der Waals surface area contributed by atoms with Crippen LogP contribution in [0.25, 0.3) is 0 Å². The Bertz CT molecular complexity index is 565. The van der Waals surface area contributed by atoms with Crippen LogP contribution in [-0.4, -0.2) is 22.8 Å². The number of hydrogen-bond donors (Lipinski definition) is 1. The van der Waals surface area contributed by atoms with Crippen LogP contribution in [0, 0.1) is 34.5 Å². The van der Waals surface area contributed by atoms with E-state index in [1.54, 1.807) is 0 Å². The van der Waals surface area contributed by atoms with Gasteiger partial charge in [0, 0.05) is 11.3 Å². The molecule has 0 amide bonds. The predicted molar refractivity (Wildman–Crippen MR) is 83.0 cm³/mol. The number of rotatable bonds is 0. The average molecular weight is 302 g/mol. The van der Waals surface area contributed by atoms with E-state index in [1.165, 1.54) is 31.8 Å². The summed E-state index contributed by atoms with van der Waals surface area (Å²) in [6, 6.07) is 0. The molecular weight excluding hydrogens is 276 g/mol. The van der Waals surface area contributed by atoms with Gasteiger partial charge < -0.3 is 5.11 Å². The second-order valence-electron chi connectivity index (χ2n) is 8.63. The van der Waals surface area contributed by atoms with Gasteiger partial charge in [-0.15, -0.1) is 0 Å². The fraction of sp³-hybridized carbons (Fsp3) is 0.789. The van der Waals surface area contributed by atoms with E-state index < -0.39 is 11.5 Å². The van der Waals surface area contributed by atoms with Crippen LogP contribution in [0.5, 0.6) is 0 Å². The molecule has 1 unspecified atom stereocenters. The molecule has 0 aromatic carbocycles. The minimum Gasteiger partial charge on any atom is -0.392 e. The first kappa shape index (κ1) is 14.6. The SMILES string of the molecule is C[C@@]12CCC[C@H]1[C@@H]1C[C@@H](O)C3C=CC(=O)C(=O)[C@]3(C)[C@H]1CC2. The van der Waals surface area contributed by atoms with Crippen molar-refractivity contribution in [1.82, 2.24) is 0 Å². The van der Waals surface area contributed by atoms with Crippen molar-refractivity contribution < 1.29 is 14.7 Å². The summed E-state index contributed by atoms with van der Waals surface area (Å²) in [6.45, 7) is 4.36. The lowest BCUT2D eigenvalue weighted by atomic mass is 9.45. The number of ketones is 2. The summed E-state index contributed by atoms with van der Waals surface area (Å²) in [5, 5.41) is 10.7. The summed E-state index contributed by atoms with van der Waals surface area (Å²) >= 11 is 0. The first-order chi connectivity index (χ1) is 10.4. The number of aliphatic hydroxyl groups excluding tert-OH is 1. The summed E-state index contributed by atoms with van der Waals surface area (Å²) < 4.78 is 0. The van der Waals surface area contributed by atoms with E-state index in [0.29, 0.717) is 17.3 Å². The van der Waals surface area contributed by atoms with Gasteiger partial charge in [0.05, 0.1) is 6.10 Å². The maximum atomic E-state index is 12.7. The summed E-state index contributed by atoms with van der Waals surface area (Å²) in [4.78, 5) is 24.7. The molecule has 3 saturated carbocycles. The molecular formula is C19H26O3. The topological polar surface area (TPSA) is 54.4 Å². The van der Waals surface area contributed by atoms with E-state index in [9.17, 15) is 14.7 Å². The molecule has 4 aliphatic carbocycles. The van der Waals surface area contributed by atoms with E-state index in [-0.39, 0.29) is 23.4 Å². The largest absolute Gasteiger partial charge is 0.392 e. The van der Waals surface area contributed by atoms with E-state index >= 15 is 0 Å². The molecule has 1 N–H and O–H groups in total. The number of hydrogen-bond acceptors (Lipinski definition) is 3. The van der Waals surface area contributed by atoms with E-state index in [4.69, 9.17) is 0 Å². The Kier molecular flexibility index (Phi) is 3.01. The number of aliphatic hydroxyl groups is 1. The molecule has 120 valence electrons. The second kappa shape index (κ2) is 4.53. The molecule has 0 heterocycles. The molecule has 0 aromatic heterocycles. The predicted octanol–water partition coefficient (Wildman–Crippen LogP) is 2.91. The smallest absolute Gasteiger partial charge is 0.221 e. The van der Waals surface area contributed by atoms with Gasteiger partial charge in [0.1, 0.15) is 0 Å². The lowest BCUT2D eigenvalue weighted by Crippen LogP contribution is -2.60. The van der Waals surface area contributed by atoms with Gasteiger partial charge in [0.15, 0.2) is 0 Å². The molecule has 0 spiro atoms. The average Bonchev–Trinajstić information content (AvgIpc) is 2.86. The van der Waals surface area contributed by atoms with Gasteiger partial charge in [0.2, 0.25) is 11.6 Å². The van der Waals surface area contributed by atoms with Crippen molar-refractivity contribution in [2.45, 2.75) is 58.5 Å². The lowest BCUT2D eigenvalue weighted by molar-refractivity contribution is -0.164. The Hall–Kier alpha value is -0.960. The molecule has 3 nitrogen and oxygen atoms in total. The van der Waals surface area contributed by atoms with Crippen molar-refractivity contribution in [3.63, 3.8) is 0 Å². The molecule has 3 heteroatoms. The molecule has 0 aliphatic heterocycles. The Morgan fingerprint density at radius 3 is 2.68 bits per heavy atom. The molecule has 22 heavy (non-hydrogen) atoms. The first-order valence-corrected chi connectivity index (χ1v) is 8.83. The zero-order valence-electron chi connectivity index (χ0n) is 13.5. The maximum absolute atomic E-state index is 12.7. The molecule has 0 bridgehead atoms. The summed E-state index contributed by atoms with van der Waals surface area (Å²) in [5.74, 6) is 0.484. The third-order valence-electron chi connectivity index (χ3n) is 7.78. The van der Waals surface area contributed by atoms with Crippen LogP contribution < -0.4 is 0 Å². The zero-order chi connectivity index (χ0) is 15.7. The van der Waals surface area contributed by atoms with Crippen LogP contribution >= 0.6 is 0 Å². The highest BCUT2D eigenvalue weighted by Gasteiger charge is 2.62. The van der Waals surface area contributed by atoms with Crippen LogP contribution in [0.3, 0.4) is 0 Å². The Labute approximate surface area is 132 Å². The van der Waals surface area contributed by atoms with Gasteiger partial charge >= 0.3 is 0 Å². The molecule has 4 rings (SSSR count). The molecule has 0 saturated heterocycles. The highest BCUT2D eigenvalue weighted by molar-refractivity contribution is 6.44. The van der Waals surface area contributed by atoms with Gasteiger partial charge in [-0.05, 0) is 61.3 Å². The Balaban J connectivity index is 1.78. The third-order valence-corrected chi connectivity index (χ3v) is 7.78. The fourth-order valence-electron chi connectivity index (χ4n) is 6.61. The number of fused-ring (bicyclic) bond motifs is 5. The van der Waals surface area contributed by atoms with E-state index in [1.807, 2.05) is 13.0 Å². The number of allylic oxidation sites excluding steroid dienone is 1. The highest BCUT2D eigenvalue weighted by atomic mass is 16.3. The van der Waals surface area contributed by atoms with Crippen molar-refractivity contribution in [1.29, 1.82) is 0 Å². The fourth-order valence-corrected chi connectivity index (χ4v) is 6.61. The first-order valence-electron chi connectivity index (χ1n) is 8.83. The number of carbonyl (C=O) groups excluding carboxylic acids is 2. The third kappa shape index (κ3) is 1.66. The molecule has 0 aromatic rings. The normalized spacial score (nSPS) is 53.9. The van der Waals surface area contributed by atoms with Gasteiger partial charge in [-0.2, -0.15) is 0 Å². The number of Topliss-reactive ketones (excluding diaryl/α,β-unsaturated/α-hetero) is 1. The maximum Gasteiger partial charge on any atom is 0.221 e. The quantitative estimate of drug-likeness (QED) is 0.700.